The summed E-state index contributed by atoms with van der Waals surface area (Å²) in [7, 11) is 1.94. The van der Waals surface area contributed by atoms with Crippen molar-refractivity contribution in [2.45, 2.75) is 6.54 Å². The molecule has 0 spiro atoms. The van der Waals surface area contributed by atoms with Gasteiger partial charge < -0.3 is 5.32 Å². The van der Waals surface area contributed by atoms with Gasteiger partial charge >= 0.3 is 0 Å². The molecule has 0 saturated carbocycles. The number of aromatic nitrogens is 2. The molecule has 0 radical (unpaired) electrons. The lowest BCUT2D eigenvalue weighted by Crippen LogP contribution is -2.04. The normalized spacial score (nSPS) is 10.4. The molecular formula is C10H11N3S. The first kappa shape index (κ1) is 9.30. The van der Waals surface area contributed by atoms with Gasteiger partial charge in [0, 0.05) is 17.5 Å². The topological polar surface area (TPSA) is 37.8 Å². The molecule has 4 heteroatoms. The predicted octanol–water partition coefficient (Wildman–Crippen LogP) is 1.92. The largest absolute Gasteiger partial charge is 0.316 e. The summed E-state index contributed by atoms with van der Waals surface area (Å²) in [5.74, 6) is 0. The van der Waals surface area contributed by atoms with Crippen molar-refractivity contribution in [3.8, 4) is 11.3 Å². The number of nitrogens with zero attached hydrogens (tertiary/aromatic N) is 2. The van der Waals surface area contributed by atoms with E-state index in [0.29, 0.717) is 0 Å². The minimum atomic E-state index is 0.898. The van der Waals surface area contributed by atoms with Gasteiger partial charge in [-0.15, -0.1) is 5.10 Å². The second kappa shape index (κ2) is 4.30. The maximum absolute atomic E-state index is 4.02. The highest BCUT2D eigenvalue weighted by molar-refractivity contribution is 7.03. The molecule has 72 valence electrons. The van der Waals surface area contributed by atoms with E-state index in [0.717, 1.165) is 17.8 Å². The number of nitrogens with one attached hydrogen (secondary N) is 1. The molecule has 0 saturated heterocycles. The Kier molecular flexibility index (Phi) is 2.86. The number of benzene rings is 1. The molecule has 2 rings (SSSR count). The van der Waals surface area contributed by atoms with E-state index in [1.54, 1.807) is 0 Å². The van der Waals surface area contributed by atoms with Crippen molar-refractivity contribution in [1.29, 1.82) is 0 Å². The molecule has 2 aromatic rings. The van der Waals surface area contributed by atoms with Crippen LogP contribution in [0.5, 0.6) is 0 Å². The molecule has 0 fully saturated rings. The number of rotatable bonds is 3. The summed E-state index contributed by atoms with van der Waals surface area (Å²) >= 11 is 1.38. The Morgan fingerprint density at radius 2 is 2.07 bits per heavy atom. The van der Waals surface area contributed by atoms with Gasteiger partial charge in [0.25, 0.3) is 0 Å². The Labute approximate surface area is 87.0 Å². The van der Waals surface area contributed by atoms with E-state index < -0.39 is 0 Å². The van der Waals surface area contributed by atoms with Gasteiger partial charge in [-0.1, -0.05) is 28.8 Å². The molecule has 1 aromatic heterocycles. The molecule has 0 aliphatic rings. The van der Waals surface area contributed by atoms with E-state index in [4.69, 9.17) is 0 Å². The standard InChI is InChI=1S/C10H11N3S/c1-11-6-8-2-4-9(5-3-8)10-7-14-13-12-10/h2-5,7,11H,6H2,1H3. The molecule has 0 unspecified atom stereocenters. The molecule has 0 aliphatic heterocycles. The molecule has 1 N–H and O–H groups in total. The Morgan fingerprint density at radius 3 is 2.64 bits per heavy atom. The van der Waals surface area contributed by atoms with Crippen molar-refractivity contribution in [3.05, 3.63) is 35.2 Å². The van der Waals surface area contributed by atoms with Crippen molar-refractivity contribution in [2.24, 2.45) is 0 Å². The number of hydrogen-bond donors (Lipinski definition) is 1. The lowest BCUT2D eigenvalue weighted by Gasteiger charge is -2.00. The van der Waals surface area contributed by atoms with E-state index in [-0.39, 0.29) is 0 Å². The van der Waals surface area contributed by atoms with Crippen molar-refractivity contribution in [1.82, 2.24) is 14.9 Å². The Hall–Kier alpha value is -1.26. The van der Waals surface area contributed by atoms with Crippen LogP contribution in [-0.4, -0.2) is 16.6 Å². The van der Waals surface area contributed by atoms with E-state index >= 15 is 0 Å². The van der Waals surface area contributed by atoms with Crippen LogP contribution in [0.25, 0.3) is 11.3 Å². The Bertz CT molecular complexity index is 380. The highest BCUT2D eigenvalue weighted by atomic mass is 32.1. The second-order valence-corrected chi connectivity index (χ2v) is 3.63. The monoisotopic (exact) mass is 205 g/mol. The maximum Gasteiger partial charge on any atom is 0.105 e. The molecule has 3 nitrogen and oxygen atoms in total. The third kappa shape index (κ3) is 1.97. The van der Waals surface area contributed by atoms with E-state index in [1.807, 2.05) is 12.4 Å². The second-order valence-electron chi connectivity index (χ2n) is 3.02. The van der Waals surface area contributed by atoms with Crippen LogP contribution in [0.15, 0.2) is 29.6 Å². The summed E-state index contributed by atoms with van der Waals surface area (Å²) in [6, 6.07) is 8.35. The Balaban J connectivity index is 2.22. The van der Waals surface area contributed by atoms with Gasteiger partial charge in [0.2, 0.25) is 0 Å². The molecule has 0 atom stereocenters. The van der Waals surface area contributed by atoms with Crippen LogP contribution >= 0.6 is 11.5 Å². The fraction of sp³-hybridized carbons (Fsp3) is 0.200. The fourth-order valence-electron chi connectivity index (χ4n) is 1.29. The molecular weight excluding hydrogens is 194 g/mol. The highest BCUT2D eigenvalue weighted by Crippen LogP contribution is 2.17. The minimum Gasteiger partial charge on any atom is -0.316 e. The third-order valence-corrected chi connectivity index (χ3v) is 2.50. The molecule has 1 heterocycles. The van der Waals surface area contributed by atoms with Crippen molar-refractivity contribution in [2.75, 3.05) is 7.05 Å². The van der Waals surface area contributed by atoms with Crippen molar-refractivity contribution in [3.63, 3.8) is 0 Å². The van der Waals surface area contributed by atoms with E-state index in [1.165, 1.54) is 17.1 Å². The van der Waals surface area contributed by atoms with Crippen LogP contribution in [0, 0.1) is 0 Å². The molecule has 0 aliphatic carbocycles. The summed E-state index contributed by atoms with van der Waals surface area (Å²) in [5.41, 5.74) is 3.35. The minimum absolute atomic E-state index is 0.898. The summed E-state index contributed by atoms with van der Waals surface area (Å²) in [4.78, 5) is 0. The zero-order valence-electron chi connectivity index (χ0n) is 7.90. The fourth-order valence-corrected chi connectivity index (χ4v) is 1.75. The number of hydrogen-bond acceptors (Lipinski definition) is 4. The third-order valence-electron chi connectivity index (χ3n) is 1.99. The first-order valence-electron chi connectivity index (χ1n) is 4.41. The van der Waals surface area contributed by atoms with E-state index in [9.17, 15) is 0 Å². The Morgan fingerprint density at radius 1 is 1.29 bits per heavy atom. The zero-order chi connectivity index (χ0) is 9.80. The van der Waals surface area contributed by atoms with Crippen LogP contribution < -0.4 is 5.32 Å². The van der Waals surface area contributed by atoms with Gasteiger partial charge in [-0.25, -0.2) is 0 Å². The van der Waals surface area contributed by atoms with Gasteiger partial charge in [0.15, 0.2) is 0 Å². The maximum atomic E-state index is 4.02. The molecule has 0 bridgehead atoms. The summed E-state index contributed by atoms with van der Waals surface area (Å²) < 4.78 is 3.84. The van der Waals surface area contributed by atoms with E-state index in [2.05, 4.69) is 39.2 Å². The van der Waals surface area contributed by atoms with Crippen LogP contribution in [0.1, 0.15) is 5.56 Å². The van der Waals surface area contributed by atoms with Crippen molar-refractivity contribution < 1.29 is 0 Å². The van der Waals surface area contributed by atoms with Gasteiger partial charge in [-0.2, -0.15) is 0 Å². The van der Waals surface area contributed by atoms with Crippen LogP contribution in [-0.2, 0) is 6.54 Å². The van der Waals surface area contributed by atoms with Gasteiger partial charge in [0.1, 0.15) is 5.69 Å². The van der Waals surface area contributed by atoms with Crippen molar-refractivity contribution >= 4 is 11.5 Å². The summed E-state index contributed by atoms with van der Waals surface area (Å²) in [5, 5.41) is 9.08. The van der Waals surface area contributed by atoms with Crippen LogP contribution in [0.3, 0.4) is 0 Å². The van der Waals surface area contributed by atoms with Crippen LogP contribution in [0.4, 0.5) is 0 Å². The molecule has 0 amide bonds. The zero-order valence-corrected chi connectivity index (χ0v) is 8.71. The average Bonchev–Trinajstić information content (AvgIpc) is 2.72. The van der Waals surface area contributed by atoms with Gasteiger partial charge in [0.05, 0.1) is 0 Å². The average molecular weight is 205 g/mol. The summed E-state index contributed by atoms with van der Waals surface area (Å²) in [6.07, 6.45) is 0. The quantitative estimate of drug-likeness (QED) is 0.832. The highest BCUT2D eigenvalue weighted by Gasteiger charge is 1.99. The summed E-state index contributed by atoms with van der Waals surface area (Å²) in [6.45, 7) is 0.898. The van der Waals surface area contributed by atoms with Gasteiger partial charge in [-0.05, 0) is 24.1 Å². The first-order chi connectivity index (χ1) is 6.90. The molecule has 1 aromatic carbocycles. The SMILES string of the molecule is CNCc1ccc(-c2csnn2)cc1. The van der Waals surface area contributed by atoms with Crippen LogP contribution in [0.2, 0.25) is 0 Å². The molecule has 14 heavy (non-hydrogen) atoms. The first-order valence-corrected chi connectivity index (χ1v) is 5.25. The van der Waals surface area contributed by atoms with Gasteiger partial charge in [-0.3, -0.25) is 0 Å². The lowest BCUT2D eigenvalue weighted by atomic mass is 10.1. The predicted molar refractivity (Wildman–Crippen MR) is 58.1 cm³/mol. The smallest absolute Gasteiger partial charge is 0.105 e. The lowest BCUT2D eigenvalue weighted by molar-refractivity contribution is 0.818.